The Balaban J connectivity index is 1.92. The van der Waals surface area contributed by atoms with Crippen molar-refractivity contribution < 1.29 is 14.6 Å². The molecule has 0 bridgehead atoms. The maximum absolute atomic E-state index is 11.4. The number of nitrogens with one attached hydrogen (secondary N) is 1. The largest absolute Gasteiger partial charge is 0.480 e. The van der Waals surface area contributed by atoms with Crippen LogP contribution in [0, 0.1) is 5.92 Å². The Kier molecular flexibility index (Phi) is 5.44. The van der Waals surface area contributed by atoms with E-state index in [2.05, 4.69) is 19.2 Å². The molecule has 1 aliphatic heterocycles. The lowest BCUT2D eigenvalue weighted by Crippen LogP contribution is -2.52. The average Bonchev–Trinajstić information content (AvgIpc) is 2.38. The van der Waals surface area contributed by atoms with Crippen LogP contribution in [0.2, 0.25) is 0 Å². The second kappa shape index (κ2) is 6.90. The summed E-state index contributed by atoms with van der Waals surface area (Å²) in [6.07, 6.45) is 8.72. The fourth-order valence-electron chi connectivity index (χ4n) is 3.71. The number of carbonyl (C=O) groups is 1. The highest BCUT2D eigenvalue weighted by atomic mass is 16.5. The van der Waals surface area contributed by atoms with Gasteiger partial charge in [-0.05, 0) is 38.0 Å². The van der Waals surface area contributed by atoms with Crippen molar-refractivity contribution in [3.63, 3.8) is 0 Å². The molecule has 1 heterocycles. The predicted molar refractivity (Wildman–Crippen MR) is 78.8 cm³/mol. The zero-order chi connectivity index (χ0) is 14.6. The van der Waals surface area contributed by atoms with Gasteiger partial charge in [-0.3, -0.25) is 4.79 Å². The van der Waals surface area contributed by atoms with Gasteiger partial charge in [0.25, 0.3) is 0 Å². The van der Waals surface area contributed by atoms with E-state index in [4.69, 9.17) is 4.74 Å². The van der Waals surface area contributed by atoms with Gasteiger partial charge in [0.2, 0.25) is 0 Å². The van der Waals surface area contributed by atoms with Gasteiger partial charge in [-0.1, -0.05) is 33.1 Å². The van der Waals surface area contributed by atoms with Gasteiger partial charge < -0.3 is 15.2 Å². The summed E-state index contributed by atoms with van der Waals surface area (Å²) in [7, 11) is 0. The summed E-state index contributed by atoms with van der Waals surface area (Å²) in [6.45, 7) is 4.92. The number of carboxylic acid groups (broad SMARTS) is 1. The highest BCUT2D eigenvalue weighted by molar-refractivity contribution is 5.73. The third-order valence-electron chi connectivity index (χ3n) is 4.70. The number of rotatable bonds is 5. The number of hydrogen-bond acceptors (Lipinski definition) is 3. The first-order valence-corrected chi connectivity index (χ1v) is 8.13. The second-order valence-corrected chi connectivity index (χ2v) is 6.97. The maximum Gasteiger partial charge on any atom is 0.320 e. The molecule has 4 nitrogen and oxygen atoms in total. The topological polar surface area (TPSA) is 58.6 Å². The smallest absolute Gasteiger partial charge is 0.320 e. The zero-order valence-corrected chi connectivity index (χ0v) is 12.9. The summed E-state index contributed by atoms with van der Waals surface area (Å²) < 4.78 is 6.07. The fourth-order valence-corrected chi connectivity index (χ4v) is 3.71. The van der Waals surface area contributed by atoms with Gasteiger partial charge in [0, 0.05) is 12.6 Å². The van der Waals surface area contributed by atoms with Gasteiger partial charge >= 0.3 is 5.97 Å². The van der Waals surface area contributed by atoms with E-state index in [1.54, 1.807) is 0 Å². The van der Waals surface area contributed by atoms with Crippen molar-refractivity contribution in [3.05, 3.63) is 0 Å². The highest BCUT2D eigenvalue weighted by Crippen LogP contribution is 2.38. The van der Waals surface area contributed by atoms with Crippen LogP contribution < -0.4 is 5.32 Å². The van der Waals surface area contributed by atoms with E-state index in [1.807, 2.05) is 0 Å². The summed E-state index contributed by atoms with van der Waals surface area (Å²) in [5, 5.41) is 12.7. The Morgan fingerprint density at radius 2 is 2.05 bits per heavy atom. The van der Waals surface area contributed by atoms with Crippen molar-refractivity contribution in [2.45, 2.75) is 82.9 Å². The van der Waals surface area contributed by atoms with Crippen LogP contribution in [0.4, 0.5) is 0 Å². The van der Waals surface area contributed by atoms with Crippen molar-refractivity contribution in [2.75, 3.05) is 6.61 Å². The molecule has 2 atom stereocenters. The molecule has 2 fully saturated rings. The molecule has 0 aromatic rings. The number of carboxylic acids is 1. The summed E-state index contributed by atoms with van der Waals surface area (Å²) in [4.78, 5) is 11.4. The fraction of sp³-hybridized carbons (Fsp3) is 0.938. The average molecular weight is 283 g/mol. The molecular weight excluding hydrogens is 254 g/mol. The summed E-state index contributed by atoms with van der Waals surface area (Å²) in [5.41, 5.74) is 0.0368. The Bertz CT molecular complexity index is 318. The highest BCUT2D eigenvalue weighted by Gasteiger charge is 2.39. The third kappa shape index (κ3) is 4.19. The molecule has 116 valence electrons. The van der Waals surface area contributed by atoms with Gasteiger partial charge in [0.15, 0.2) is 0 Å². The number of ether oxygens (including phenoxy) is 1. The van der Waals surface area contributed by atoms with Gasteiger partial charge in [0.1, 0.15) is 6.04 Å². The zero-order valence-electron chi connectivity index (χ0n) is 12.9. The number of hydrogen-bond donors (Lipinski definition) is 2. The molecule has 1 saturated heterocycles. The molecule has 2 N–H and O–H groups in total. The van der Waals surface area contributed by atoms with E-state index in [1.165, 1.54) is 19.3 Å². The molecule has 0 amide bonds. The van der Waals surface area contributed by atoms with Crippen LogP contribution in [0.25, 0.3) is 0 Å². The lowest BCUT2D eigenvalue weighted by atomic mass is 9.78. The quantitative estimate of drug-likeness (QED) is 0.814. The second-order valence-electron chi connectivity index (χ2n) is 6.97. The standard InChI is InChI=1S/C16H29NO3/c1-12(2)10-14(15(18)19)17-13-6-9-20-16(11-13)7-4-3-5-8-16/h12-14,17H,3-11H2,1-2H3,(H,18,19). The van der Waals surface area contributed by atoms with Crippen LogP contribution in [0.5, 0.6) is 0 Å². The van der Waals surface area contributed by atoms with Gasteiger partial charge in [0.05, 0.1) is 5.60 Å². The first-order chi connectivity index (χ1) is 9.51. The normalized spacial score (nSPS) is 27.6. The molecule has 4 heteroatoms. The van der Waals surface area contributed by atoms with Gasteiger partial charge in [-0.2, -0.15) is 0 Å². The van der Waals surface area contributed by atoms with E-state index < -0.39 is 12.0 Å². The Morgan fingerprint density at radius 1 is 1.35 bits per heavy atom. The molecule has 1 spiro atoms. The van der Waals surface area contributed by atoms with E-state index in [0.29, 0.717) is 18.4 Å². The Morgan fingerprint density at radius 3 is 2.65 bits per heavy atom. The molecule has 2 rings (SSSR count). The van der Waals surface area contributed by atoms with Crippen molar-refractivity contribution >= 4 is 5.97 Å². The summed E-state index contributed by atoms with van der Waals surface area (Å²) in [6, 6.07) is -0.125. The molecule has 2 aliphatic rings. The van der Waals surface area contributed by atoms with Crippen molar-refractivity contribution in [1.82, 2.24) is 5.32 Å². The van der Waals surface area contributed by atoms with E-state index in [9.17, 15) is 9.90 Å². The molecule has 0 aromatic heterocycles. The minimum absolute atomic E-state index is 0.0368. The summed E-state index contributed by atoms with van der Waals surface area (Å²) in [5.74, 6) is -0.324. The lowest BCUT2D eigenvalue weighted by molar-refractivity contribution is -0.142. The molecule has 2 unspecified atom stereocenters. The van der Waals surface area contributed by atoms with E-state index in [-0.39, 0.29) is 5.60 Å². The monoisotopic (exact) mass is 283 g/mol. The molecule has 1 saturated carbocycles. The minimum atomic E-state index is -0.720. The van der Waals surface area contributed by atoms with Gasteiger partial charge in [-0.25, -0.2) is 0 Å². The third-order valence-corrected chi connectivity index (χ3v) is 4.70. The van der Waals surface area contributed by atoms with Crippen molar-refractivity contribution in [3.8, 4) is 0 Å². The Labute approximate surface area is 122 Å². The molecule has 0 aromatic carbocycles. The van der Waals surface area contributed by atoms with Crippen LogP contribution in [-0.2, 0) is 9.53 Å². The Hall–Kier alpha value is -0.610. The van der Waals surface area contributed by atoms with Crippen LogP contribution in [0.15, 0.2) is 0 Å². The van der Waals surface area contributed by atoms with Crippen LogP contribution in [-0.4, -0.2) is 35.4 Å². The van der Waals surface area contributed by atoms with E-state index >= 15 is 0 Å². The van der Waals surface area contributed by atoms with Crippen LogP contribution in [0.3, 0.4) is 0 Å². The van der Waals surface area contributed by atoms with Crippen LogP contribution in [0.1, 0.15) is 65.2 Å². The first-order valence-electron chi connectivity index (χ1n) is 8.13. The molecule has 0 radical (unpaired) electrons. The van der Waals surface area contributed by atoms with Crippen molar-refractivity contribution in [2.24, 2.45) is 5.92 Å². The molecule has 1 aliphatic carbocycles. The molecular formula is C16H29NO3. The molecule has 20 heavy (non-hydrogen) atoms. The summed E-state index contributed by atoms with van der Waals surface area (Å²) >= 11 is 0. The SMILES string of the molecule is CC(C)CC(NC1CCOC2(CCCCC2)C1)C(=O)O. The van der Waals surface area contributed by atoms with Gasteiger partial charge in [-0.15, -0.1) is 0 Å². The van der Waals surface area contributed by atoms with Crippen LogP contribution >= 0.6 is 0 Å². The van der Waals surface area contributed by atoms with E-state index in [0.717, 1.165) is 32.3 Å². The minimum Gasteiger partial charge on any atom is -0.480 e. The first kappa shape index (κ1) is 15.8. The maximum atomic E-state index is 11.4. The number of aliphatic carboxylic acids is 1. The lowest BCUT2D eigenvalue weighted by Gasteiger charge is -2.44. The van der Waals surface area contributed by atoms with Crippen molar-refractivity contribution in [1.29, 1.82) is 0 Å². The predicted octanol–water partition coefficient (Wildman–Crippen LogP) is 2.96.